The number of sulfonamides is 1. The summed E-state index contributed by atoms with van der Waals surface area (Å²) < 4.78 is 43.7. The Kier molecular flexibility index (Phi) is 6.86. The lowest BCUT2D eigenvalue weighted by Crippen LogP contribution is -2.51. The molecular formula is C26H32FN7O2S. The maximum absolute atomic E-state index is 13.5. The zero-order valence-corrected chi connectivity index (χ0v) is 22.4. The lowest BCUT2D eigenvalue weighted by atomic mass is 9.96. The van der Waals surface area contributed by atoms with Crippen molar-refractivity contribution in [2.75, 3.05) is 26.2 Å². The normalized spacial score (nSPS) is 17.7. The smallest absolute Gasteiger partial charge is 0.264 e. The van der Waals surface area contributed by atoms with Gasteiger partial charge in [0.15, 0.2) is 0 Å². The van der Waals surface area contributed by atoms with Gasteiger partial charge < -0.3 is 0 Å². The van der Waals surface area contributed by atoms with Crippen molar-refractivity contribution < 1.29 is 12.8 Å². The second-order valence-electron chi connectivity index (χ2n) is 9.94. The second kappa shape index (κ2) is 9.96. The van der Waals surface area contributed by atoms with E-state index >= 15 is 0 Å². The molecule has 0 unspecified atom stereocenters. The van der Waals surface area contributed by atoms with Gasteiger partial charge in [-0.15, -0.1) is 5.10 Å². The highest BCUT2D eigenvalue weighted by molar-refractivity contribution is 7.89. The van der Waals surface area contributed by atoms with Crippen LogP contribution in [0.3, 0.4) is 0 Å². The largest absolute Gasteiger partial charge is 0.293 e. The van der Waals surface area contributed by atoms with Crippen LogP contribution >= 0.6 is 0 Å². The number of hydrogen-bond acceptors (Lipinski definition) is 6. The number of aromatic nitrogens is 5. The minimum atomic E-state index is -3.77. The second-order valence-corrected chi connectivity index (χ2v) is 11.8. The predicted octanol–water partition coefficient (Wildman–Crippen LogP) is 3.79. The molecule has 1 saturated heterocycles. The molecule has 1 atom stereocenters. The number of benzene rings is 2. The van der Waals surface area contributed by atoms with Crippen molar-refractivity contribution >= 4 is 20.9 Å². The quantitative estimate of drug-likeness (QED) is 0.365. The Morgan fingerprint density at radius 3 is 2.51 bits per heavy atom. The van der Waals surface area contributed by atoms with Gasteiger partial charge in [-0.25, -0.2) is 17.5 Å². The first-order valence-corrected chi connectivity index (χ1v) is 14.0. The Hall–Kier alpha value is -3.15. The van der Waals surface area contributed by atoms with E-state index in [4.69, 9.17) is 0 Å². The molecule has 5 rings (SSSR count). The molecule has 0 aliphatic carbocycles. The summed E-state index contributed by atoms with van der Waals surface area (Å²) in [5, 5.41) is 13.7. The van der Waals surface area contributed by atoms with Gasteiger partial charge in [0.25, 0.3) is 10.0 Å². The van der Waals surface area contributed by atoms with Crippen LogP contribution in [0.5, 0.6) is 0 Å². The molecule has 196 valence electrons. The van der Waals surface area contributed by atoms with Crippen LogP contribution in [-0.2, 0) is 16.6 Å². The van der Waals surface area contributed by atoms with Gasteiger partial charge >= 0.3 is 0 Å². The monoisotopic (exact) mass is 525 g/mol. The van der Waals surface area contributed by atoms with Gasteiger partial charge in [0.05, 0.1) is 30.1 Å². The molecule has 2 aromatic heterocycles. The molecule has 0 spiro atoms. The van der Waals surface area contributed by atoms with Crippen LogP contribution in [0.25, 0.3) is 16.6 Å². The van der Waals surface area contributed by atoms with E-state index in [-0.39, 0.29) is 16.9 Å². The van der Waals surface area contributed by atoms with Gasteiger partial charge in [-0.3, -0.25) is 4.90 Å². The summed E-state index contributed by atoms with van der Waals surface area (Å²) in [6, 6.07) is 10.3. The molecule has 0 bridgehead atoms. The maximum atomic E-state index is 13.5. The fourth-order valence-corrected chi connectivity index (χ4v) is 6.33. The van der Waals surface area contributed by atoms with Crippen LogP contribution < -0.4 is 0 Å². The highest BCUT2D eigenvalue weighted by Crippen LogP contribution is 2.34. The van der Waals surface area contributed by atoms with Gasteiger partial charge in [0.1, 0.15) is 5.82 Å². The summed E-state index contributed by atoms with van der Waals surface area (Å²) in [4.78, 5) is 3.76. The molecule has 1 aliphatic rings. The molecule has 3 heterocycles. The molecule has 1 fully saturated rings. The Morgan fingerprint density at radius 1 is 1.08 bits per heavy atom. The van der Waals surface area contributed by atoms with Gasteiger partial charge in [-0.2, -0.15) is 19.3 Å². The van der Waals surface area contributed by atoms with Crippen LogP contribution in [0.1, 0.15) is 37.9 Å². The molecule has 37 heavy (non-hydrogen) atoms. The van der Waals surface area contributed by atoms with Crippen LogP contribution in [0, 0.1) is 18.7 Å². The van der Waals surface area contributed by atoms with Gasteiger partial charge in [-0.1, -0.05) is 13.8 Å². The number of fused-ring (bicyclic) bond motifs is 1. The number of aryl methyl sites for hydroxylation is 2. The van der Waals surface area contributed by atoms with Gasteiger partial charge in [0, 0.05) is 37.6 Å². The third kappa shape index (κ3) is 4.90. The lowest BCUT2D eigenvalue weighted by Gasteiger charge is -2.42. The SMILES string of the molecule is CCn1ncc(S(=O)(=O)N2CCN(CC(C)C)[C@H](c3cc4cnn(-c5ccc(F)cc5)c4cc3C)C2)n1. The Bertz CT molecular complexity index is 1510. The molecule has 1 aliphatic heterocycles. The fraction of sp³-hybridized carbons (Fsp3) is 0.423. The maximum Gasteiger partial charge on any atom is 0.264 e. The number of nitrogens with zero attached hydrogens (tertiary/aromatic N) is 7. The van der Waals surface area contributed by atoms with E-state index in [0.717, 1.165) is 34.3 Å². The van der Waals surface area contributed by atoms with Gasteiger partial charge in [0.2, 0.25) is 5.03 Å². The highest BCUT2D eigenvalue weighted by atomic mass is 32.2. The number of rotatable bonds is 7. The Morgan fingerprint density at radius 2 is 1.84 bits per heavy atom. The highest BCUT2D eigenvalue weighted by Gasteiger charge is 2.37. The minimum Gasteiger partial charge on any atom is -0.293 e. The molecule has 0 amide bonds. The lowest BCUT2D eigenvalue weighted by molar-refractivity contribution is 0.105. The average Bonchev–Trinajstić information content (AvgIpc) is 3.51. The van der Waals surface area contributed by atoms with E-state index in [1.165, 1.54) is 27.4 Å². The molecular weight excluding hydrogens is 493 g/mol. The standard InChI is InChI=1S/C26H32FN7O2S/c1-5-33-28-15-26(30-33)37(35,36)32-11-10-31(16-18(2)3)25(17-32)23-13-20-14-29-34(24(20)12-19(23)4)22-8-6-21(27)7-9-22/h6-9,12-15,18,25H,5,10-11,16-17H2,1-4H3/t25-/m0/s1. The number of piperazine rings is 1. The predicted molar refractivity (Wildman–Crippen MR) is 139 cm³/mol. The van der Waals surface area contributed by atoms with Crippen LogP contribution in [0.15, 0.2) is 53.8 Å². The molecule has 9 nitrogen and oxygen atoms in total. The summed E-state index contributed by atoms with van der Waals surface area (Å²) in [6.07, 6.45) is 3.13. The fourth-order valence-electron chi connectivity index (χ4n) is 5.02. The zero-order valence-electron chi connectivity index (χ0n) is 21.5. The van der Waals surface area contributed by atoms with E-state index < -0.39 is 10.0 Å². The molecule has 11 heteroatoms. The van der Waals surface area contributed by atoms with E-state index in [9.17, 15) is 12.8 Å². The van der Waals surface area contributed by atoms with Crippen molar-refractivity contribution in [2.24, 2.45) is 5.92 Å². The van der Waals surface area contributed by atoms with Gasteiger partial charge in [-0.05, 0) is 67.3 Å². The molecule has 4 aromatic rings. The van der Waals surface area contributed by atoms with E-state index in [1.54, 1.807) is 23.0 Å². The summed E-state index contributed by atoms with van der Waals surface area (Å²) in [7, 11) is -3.77. The minimum absolute atomic E-state index is 0.0156. The zero-order chi connectivity index (χ0) is 26.3. The van der Waals surface area contributed by atoms with Crippen LogP contribution in [0.4, 0.5) is 4.39 Å². The first-order valence-electron chi connectivity index (χ1n) is 12.6. The number of halogens is 1. The first-order chi connectivity index (χ1) is 17.7. The average molecular weight is 526 g/mol. The van der Waals surface area contributed by atoms with Crippen LogP contribution in [-0.4, -0.2) is 68.6 Å². The van der Waals surface area contributed by atoms with Crippen molar-refractivity contribution in [3.8, 4) is 5.69 Å². The molecule has 2 aromatic carbocycles. The van der Waals surface area contributed by atoms with Crippen molar-refractivity contribution in [2.45, 2.75) is 45.3 Å². The van der Waals surface area contributed by atoms with E-state index in [1.807, 2.05) is 13.8 Å². The number of hydrogen-bond donors (Lipinski definition) is 0. The van der Waals surface area contributed by atoms with E-state index in [2.05, 4.69) is 46.2 Å². The Balaban J connectivity index is 1.52. The summed E-state index contributed by atoms with van der Waals surface area (Å²) in [5.74, 6) is 0.137. The summed E-state index contributed by atoms with van der Waals surface area (Å²) >= 11 is 0. The topological polar surface area (TPSA) is 89.2 Å². The third-order valence-corrected chi connectivity index (χ3v) is 8.57. The van der Waals surface area contributed by atoms with Crippen molar-refractivity contribution in [1.29, 1.82) is 0 Å². The van der Waals surface area contributed by atoms with Crippen LogP contribution in [0.2, 0.25) is 0 Å². The molecule has 0 N–H and O–H groups in total. The summed E-state index contributed by atoms with van der Waals surface area (Å²) in [5.41, 5.74) is 3.81. The van der Waals surface area contributed by atoms with E-state index in [0.29, 0.717) is 32.1 Å². The first kappa shape index (κ1) is 25.5. The summed E-state index contributed by atoms with van der Waals surface area (Å²) in [6.45, 7) is 11.0. The third-order valence-electron chi connectivity index (χ3n) is 6.84. The molecule has 0 saturated carbocycles. The van der Waals surface area contributed by atoms with Crippen molar-refractivity contribution in [3.05, 3.63) is 65.7 Å². The molecule has 0 radical (unpaired) electrons. The van der Waals surface area contributed by atoms with Crippen molar-refractivity contribution in [3.63, 3.8) is 0 Å². The Labute approximate surface area is 216 Å². The van der Waals surface area contributed by atoms with Crippen molar-refractivity contribution in [1.82, 2.24) is 34.0 Å².